The molecule has 0 aliphatic carbocycles. The summed E-state index contributed by atoms with van der Waals surface area (Å²) in [6.07, 6.45) is 1.40. The van der Waals surface area contributed by atoms with Crippen molar-refractivity contribution in [3.8, 4) is 0 Å². The maximum atomic E-state index is 13.3. The average Bonchev–Trinajstić information content (AvgIpc) is 3.16. The summed E-state index contributed by atoms with van der Waals surface area (Å²) in [5.41, 5.74) is 8.59. The third kappa shape index (κ3) is 5.90. The number of nitrogens with one attached hydrogen (secondary N) is 1. The highest BCUT2D eigenvalue weighted by molar-refractivity contribution is 7.89. The van der Waals surface area contributed by atoms with Crippen molar-refractivity contribution < 1.29 is 12.8 Å². The fraction of sp³-hybridized carbons (Fsp3) is 0.100. The van der Waals surface area contributed by atoms with E-state index in [9.17, 15) is 8.42 Å². The molecular formula is C20H19ClN4O3S2. The number of rotatable bonds is 8. The van der Waals surface area contributed by atoms with Crippen LogP contribution in [0.1, 0.15) is 17.1 Å². The van der Waals surface area contributed by atoms with Gasteiger partial charge in [0.15, 0.2) is 5.11 Å². The molecule has 30 heavy (non-hydrogen) atoms. The number of nitrogens with two attached hydrogens (primary N) is 1. The Morgan fingerprint density at radius 1 is 1.10 bits per heavy atom. The fourth-order valence-corrected chi connectivity index (χ4v) is 4.22. The van der Waals surface area contributed by atoms with Gasteiger partial charge in [-0.3, -0.25) is 5.43 Å². The number of sulfonamides is 1. The summed E-state index contributed by atoms with van der Waals surface area (Å²) in [6, 6.07) is 18.8. The molecule has 0 aliphatic heterocycles. The zero-order valence-corrected chi connectivity index (χ0v) is 18.1. The lowest BCUT2D eigenvalue weighted by atomic mass is 10.2. The third-order valence-corrected chi connectivity index (χ3v) is 6.18. The molecule has 0 spiro atoms. The fourth-order valence-electron chi connectivity index (χ4n) is 2.65. The minimum atomic E-state index is -3.80. The second kappa shape index (κ2) is 9.86. The van der Waals surface area contributed by atoms with Gasteiger partial charge in [-0.15, -0.1) is 0 Å². The first-order valence-electron chi connectivity index (χ1n) is 8.81. The summed E-state index contributed by atoms with van der Waals surface area (Å²) in [4.78, 5) is 0.150. The summed E-state index contributed by atoms with van der Waals surface area (Å²) >= 11 is 10.6. The van der Waals surface area contributed by atoms with Gasteiger partial charge < -0.3 is 10.2 Å². The zero-order chi connectivity index (χ0) is 21.6. The molecule has 3 aromatic rings. The molecule has 0 amide bonds. The van der Waals surface area contributed by atoms with Crippen molar-refractivity contribution in [2.45, 2.75) is 18.0 Å². The highest BCUT2D eigenvalue weighted by atomic mass is 35.5. The van der Waals surface area contributed by atoms with Gasteiger partial charge in [0.1, 0.15) is 11.5 Å². The maximum absolute atomic E-state index is 13.3. The van der Waals surface area contributed by atoms with Gasteiger partial charge in [-0.2, -0.15) is 9.41 Å². The highest BCUT2D eigenvalue weighted by Crippen LogP contribution is 2.23. The minimum absolute atomic E-state index is 0.0288. The molecule has 0 fully saturated rings. The number of benzene rings is 2. The Balaban J connectivity index is 1.86. The lowest BCUT2D eigenvalue weighted by molar-refractivity contribution is 0.357. The molecule has 3 rings (SSSR count). The summed E-state index contributed by atoms with van der Waals surface area (Å²) < 4.78 is 33.6. The van der Waals surface area contributed by atoms with E-state index >= 15 is 0 Å². The molecule has 7 nitrogen and oxygen atoms in total. The Labute approximate surface area is 185 Å². The molecule has 10 heteroatoms. The van der Waals surface area contributed by atoms with E-state index in [1.54, 1.807) is 24.3 Å². The Kier molecular flexibility index (Phi) is 7.22. The van der Waals surface area contributed by atoms with Crippen molar-refractivity contribution in [3.05, 3.63) is 88.8 Å². The smallest absolute Gasteiger partial charge is 0.243 e. The van der Waals surface area contributed by atoms with Gasteiger partial charge in [0.2, 0.25) is 10.0 Å². The Hall–Kier alpha value is -2.72. The summed E-state index contributed by atoms with van der Waals surface area (Å²) in [6.45, 7) is 0.218. The standard InChI is InChI=1S/C20H19ClN4O3S2/c21-16-6-10-19(11-7-16)30(26,27)25(13-15-4-2-1-3-5-15)14-18-9-8-17(28-18)12-23-24-20(22)29/h1-12H,13-14H2,(H3,22,24,29)/b23-12+. The Bertz CT molecular complexity index is 1130. The van der Waals surface area contributed by atoms with Crippen LogP contribution >= 0.6 is 23.8 Å². The number of hydrazone groups is 1. The second-order valence-corrected chi connectivity index (χ2v) is 9.07. The quantitative estimate of drug-likeness (QED) is 0.302. The number of hydrogen-bond donors (Lipinski definition) is 2. The van der Waals surface area contributed by atoms with E-state index in [0.717, 1.165) is 5.56 Å². The number of nitrogens with zero attached hydrogens (tertiary/aromatic N) is 2. The Morgan fingerprint density at radius 2 is 1.80 bits per heavy atom. The van der Waals surface area contributed by atoms with Crippen LogP contribution < -0.4 is 11.2 Å². The maximum Gasteiger partial charge on any atom is 0.243 e. The Morgan fingerprint density at radius 3 is 2.47 bits per heavy atom. The zero-order valence-electron chi connectivity index (χ0n) is 15.7. The number of thiocarbonyl (C=S) groups is 1. The molecule has 1 heterocycles. The van der Waals surface area contributed by atoms with Crippen LogP contribution in [0.3, 0.4) is 0 Å². The topological polar surface area (TPSA) is 101 Å². The van der Waals surface area contributed by atoms with Crippen LogP contribution in [0, 0.1) is 0 Å². The van der Waals surface area contributed by atoms with Crippen LogP contribution in [0.15, 0.2) is 81.1 Å². The van der Waals surface area contributed by atoms with Crippen LogP contribution in [0.2, 0.25) is 5.02 Å². The third-order valence-electron chi connectivity index (χ3n) is 4.03. The van der Waals surface area contributed by atoms with Gasteiger partial charge >= 0.3 is 0 Å². The van der Waals surface area contributed by atoms with E-state index in [1.165, 1.54) is 22.7 Å². The van der Waals surface area contributed by atoms with E-state index < -0.39 is 10.0 Å². The number of halogens is 1. The lowest BCUT2D eigenvalue weighted by Gasteiger charge is -2.21. The van der Waals surface area contributed by atoms with E-state index in [2.05, 4.69) is 22.7 Å². The first-order valence-corrected chi connectivity index (χ1v) is 11.0. The lowest BCUT2D eigenvalue weighted by Crippen LogP contribution is -2.30. The van der Waals surface area contributed by atoms with Gasteiger partial charge in [-0.05, 0) is 54.2 Å². The van der Waals surface area contributed by atoms with Crippen molar-refractivity contribution in [2.24, 2.45) is 10.8 Å². The van der Waals surface area contributed by atoms with Gasteiger partial charge in [-0.1, -0.05) is 41.9 Å². The van der Waals surface area contributed by atoms with Crippen molar-refractivity contribution >= 4 is 45.2 Å². The summed E-state index contributed by atoms with van der Waals surface area (Å²) in [5, 5.41) is 4.32. The van der Waals surface area contributed by atoms with Crippen molar-refractivity contribution in [3.63, 3.8) is 0 Å². The SMILES string of the molecule is NC(=S)N/N=C/c1ccc(CN(Cc2ccccc2)S(=O)(=O)c2ccc(Cl)cc2)o1. The summed E-state index contributed by atoms with van der Waals surface area (Å²) in [5.74, 6) is 0.887. The van der Waals surface area contributed by atoms with E-state index in [0.29, 0.717) is 16.5 Å². The molecule has 2 aromatic carbocycles. The van der Waals surface area contributed by atoms with Gasteiger partial charge in [-0.25, -0.2) is 8.42 Å². The van der Waals surface area contributed by atoms with Crippen LogP contribution in [-0.4, -0.2) is 24.1 Å². The molecule has 0 unspecified atom stereocenters. The van der Waals surface area contributed by atoms with Crippen LogP contribution in [0.5, 0.6) is 0 Å². The molecule has 3 N–H and O–H groups in total. The molecular weight excluding hydrogens is 444 g/mol. The molecule has 0 saturated heterocycles. The first-order chi connectivity index (χ1) is 14.3. The highest BCUT2D eigenvalue weighted by Gasteiger charge is 2.26. The van der Waals surface area contributed by atoms with Crippen LogP contribution in [0.25, 0.3) is 0 Å². The van der Waals surface area contributed by atoms with E-state index in [4.69, 9.17) is 21.8 Å². The second-order valence-electron chi connectivity index (χ2n) is 6.25. The predicted octanol–water partition coefficient (Wildman–Crippen LogP) is 3.49. The monoisotopic (exact) mass is 462 g/mol. The molecule has 156 valence electrons. The molecule has 0 radical (unpaired) electrons. The van der Waals surface area contributed by atoms with Crippen molar-refractivity contribution in [1.82, 2.24) is 9.73 Å². The summed E-state index contributed by atoms with van der Waals surface area (Å²) in [7, 11) is -3.80. The van der Waals surface area contributed by atoms with Crippen LogP contribution in [-0.2, 0) is 23.1 Å². The normalized spacial score (nSPS) is 11.8. The van der Waals surface area contributed by atoms with E-state index in [1.807, 2.05) is 30.3 Å². The molecule has 0 atom stereocenters. The largest absolute Gasteiger partial charge is 0.459 e. The first kappa shape index (κ1) is 22.0. The van der Waals surface area contributed by atoms with Gasteiger partial charge in [0, 0.05) is 11.6 Å². The minimum Gasteiger partial charge on any atom is -0.459 e. The van der Waals surface area contributed by atoms with Crippen molar-refractivity contribution in [1.29, 1.82) is 0 Å². The molecule has 0 saturated carbocycles. The van der Waals surface area contributed by atoms with Crippen LogP contribution in [0.4, 0.5) is 0 Å². The average molecular weight is 463 g/mol. The van der Waals surface area contributed by atoms with Gasteiger partial charge in [0.05, 0.1) is 17.7 Å². The number of hydrogen-bond acceptors (Lipinski definition) is 5. The molecule has 0 aliphatic rings. The van der Waals surface area contributed by atoms with Gasteiger partial charge in [0.25, 0.3) is 0 Å². The van der Waals surface area contributed by atoms with Crippen molar-refractivity contribution in [2.75, 3.05) is 0 Å². The van der Waals surface area contributed by atoms with E-state index in [-0.39, 0.29) is 23.1 Å². The predicted molar refractivity (Wildman–Crippen MR) is 121 cm³/mol. The molecule has 0 bridgehead atoms. The molecule has 1 aromatic heterocycles. The number of furan rings is 1.